The van der Waals surface area contributed by atoms with E-state index in [0.29, 0.717) is 24.1 Å². The molecule has 3 nitrogen and oxygen atoms in total. The van der Waals surface area contributed by atoms with Crippen LogP contribution in [0.1, 0.15) is 24.4 Å². The first-order valence-corrected chi connectivity index (χ1v) is 6.21. The zero-order chi connectivity index (χ0) is 12.7. The van der Waals surface area contributed by atoms with Gasteiger partial charge in [0.05, 0.1) is 12.1 Å². The van der Waals surface area contributed by atoms with Crippen molar-refractivity contribution in [3.05, 3.63) is 29.5 Å². The summed E-state index contributed by atoms with van der Waals surface area (Å²) in [7, 11) is 0. The normalized spacial score (nSPS) is 15.1. The zero-order valence-corrected chi connectivity index (χ0v) is 10.5. The van der Waals surface area contributed by atoms with Crippen LogP contribution in [0.3, 0.4) is 0 Å². The molecule has 2 aromatic rings. The Morgan fingerprint density at radius 3 is 2.78 bits per heavy atom. The van der Waals surface area contributed by atoms with Gasteiger partial charge in [-0.3, -0.25) is 0 Å². The molecule has 0 spiro atoms. The lowest BCUT2D eigenvalue weighted by atomic mass is 10.2. The Morgan fingerprint density at radius 1 is 1.28 bits per heavy atom. The monoisotopic (exact) mass is 246 g/mol. The van der Waals surface area contributed by atoms with Crippen molar-refractivity contribution in [2.75, 3.05) is 6.61 Å². The summed E-state index contributed by atoms with van der Waals surface area (Å²) in [5.74, 6) is 1.26. The first kappa shape index (κ1) is 11.4. The van der Waals surface area contributed by atoms with Crippen molar-refractivity contribution in [1.29, 1.82) is 0 Å². The highest BCUT2D eigenvalue weighted by atomic mass is 19.1. The molecule has 0 saturated heterocycles. The van der Waals surface area contributed by atoms with Gasteiger partial charge < -0.3 is 4.74 Å². The fraction of sp³-hybridized carbons (Fsp3) is 0.429. The minimum absolute atomic E-state index is 0.298. The molecule has 1 fully saturated rings. The molecule has 0 unspecified atom stereocenters. The first-order valence-electron chi connectivity index (χ1n) is 6.21. The van der Waals surface area contributed by atoms with Crippen molar-refractivity contribution in [2.45, 2.75) is 26.7 Å². The second-order valence-electron chi connectivity index (χ2n) is 4.91. The van der Waals surface area contributed by atoms with Crippen LogP contribution in [0.2, 0.25) is 0 Å². The number of nitrogens with zero attached hydrogens (tertiary/aromatic N) is 2. The number of rotatable bonds is 3. The van der Waals surface area contributed by atoms with E-state index in [2.05, 4.69) is 9.97 Å². The molecule has 1 saturated carbocycles. The molecule has 0 N–H and O–H groups in total. The van der Waals surface area contributed by atoms with Gasteiger partial charge in [0.25, 0.3) is 0 Å². The molecule has 3 rings (SSSR count). The molecule has 94 valence electrons. The third kappa shape index (κ3) is 2.15. The second kappa shape index (κ2) is 4.19. The molecule has 1 aromatic heterocycles. The summed E-state index contributed by atoms with van der Waals surface area (Å²) in [4.78, 5) is 8.56. The van der Waals surface area contributed by atoms with Crippen LogP contribution in [0.15, 0.2) is 12.1 Å². The predicted octanol–water partition coefficient (Wildman–Crippen LogP) is 3.17. The average Bonchev–Trinajstić information content (AvgIpc) is 3.11. The summed E-state index contributed by atoms with van der Waals surface area (Å²) < 4.78 is 19.4. The quantitative estimate of drug-likeness (QED) is 0.834. The average molecular weight is 246 g/mol. The first-order chi connectivity index (χ1) is 8.63. The van der Waals surface area contributed by atoms with E-state index in [9.17, 15) is 4.39 Å². The number of halogens is 1. The van der Waals surface area contributed by atoms with Gasteiger partial charge in [-0.15, -0.1) is 0 Å². The standard InChI is InChI=1S/C14H15FN2O/c1-8-11-5-12(15)14(18-7-10-3-4-10)6-13(11)17-9(2)16-8/h5-6,10H,3-4,7H2,1-2H3. The maximum absolute atomic E-state index is 13.9. The molecule has 18 heavy (non-hydrogen) atoms. The summed E-state index contributed by atoms with van der Waals surface area (Å²) in [5.41, 5.74) is 1.54. The van der Waals surface area contributed by atoms with Gasteiger partial charge in [0, 0.05) is 17.1 Å². The highest BCUT2D eigenvalue weighted by molar-refractivity contribution is 5.82. The molecule has 1 aliphatic carbocycles. The lowest BCUT2D eigenvalue weighted by Gasteiger charge is -2.09. The van der Waals surface area contributed by atoms with E-state index in [4.69, 9.17) is 4.74 Å². The van der Waals surface area contributed by atoms with Gasteiger partial charge >= 0.3 is 0 Å². The number of fused-ring (bicyclic) bond motifs is 1. The van der Waals surface area contributed by atoms with Crippen molar-refractivity contribution in [1.82, 2.24) is 9.97 Å². The van der Waals surface area contributed by atoms with E-state index in [0.717, 1.165) is 16.6 Å². The number of ether oxygens (including phenoxy) is 1. The lowest BCUT2D eigenvalue weighted by molar-refractivity contribution is 0.286. The van der Waals surface area contributed by atoms with E-state index in [1.54, 1.807) is 6.07 Å². The van der Waals surface area contributed by atoms with Crippen LogP contribution in [-0.4, -0.2) is 16.6 Å². The van der Waals surface area contributed by atoms with Crippen LogP contribution < -0.4 is 4.74 Å². The van der Waals surface area contributed by atoms with Gasteiger partial charge in [-0.25, -0.2) is 14.4 Å². The lowest BCUT2D eigenvalue weighted by Crippen LogP contribution is -2.02. The number of hydrogen-bond donors (Lipinski definition) is 0. The van der Waals surface area contributed by atoms with Crippen molar-refractivity contribution in [3.8, 4) is 5.75 Å². The summed E-state index contributed by atoms with van der Waals surface area (Å²) >= 11 is 0. The molecule has 1 aliphatic rings. The number of aryl methyl sites for hydroxylation is 2. The van der Waals surface area contributed by atoms with Gasteiger partial charge in [0.1, 0.15) is 5.82 Å². The summed E-state index contributed by atoms with van der Waals surface area (Å²) in [6.45, 7) is 4.30. The van der Waals surface area contributed by atoms with Crippen molar-refractivity contribution in [2.24, 2.45) is 5.92 Å². The topological polar surface area (TPSA) is 35.0 Å². The molecule has 0 aliphatic heterocycles. The molecule has 0 atom stereocenters. The van der Waals surface area contributed by atoms with Crippen LogP contribution in [0, 0.1) is 25.6 Å². The van der Waals surface area contributed by atoms with E-state index in [-0.39, 0.29) is 5.82 Å². The molecule has 4 heteroatoms. The van der Waals surface area contributed by atoms with Crippen LogP contribution in [0.25, 0.3) is 10.9 Å². The number of aromatic nitrogens is 2. The molecule has 0 radical (unpaired) electrons. The maximum Gasteiger partial charge on any atom is 0.165 e. The van der Waals surface area contributed by atoms with Gasteiger partial charge in [0.15, 0.2) is 11.6 Å². The summed E-state index contributed by atoms with van der Waals surface area (Å²) in [6.07, 6.45) is 2.38. The maximum atomic E-state index is 13.9. The van der Waals surface area contributed by atoms with Crippen molar-refractivity contribution < 1.29 is 9.13 Å². The fourth-order valence-electron chi connectivity index (χ4n) is 2.03. The highest BCUT2D eigenvalue weighted by Crippen LogP contribution is 2.31. The summed E-state index contributed by atoms with van der Waals surface area (Å²) in [6, 6.07) is 3.14. The van der Waals surface area contributed by atoms with Gasteiger partial charge in [-0.1, -0.05) is 0 Å². The Morgan fingerprint density at radius 2 is 2.06 bits per heavy atom. The van der Waals surface area contributed by atoms with E-state index >= 15 is 0 Å². The Hall–Kier alpha value is -1.71. The Labute approximate surface area is 105 Å². The van der Waals surface area contributed by atoms with Crippen molar-refractivity contribution >= 4 is 10.9 Å². The number of hydrogen-bond acceptors (Lipinski definition) is 3. The second-order valence-corrected chi connectivity index (χ2v) is 4.91. The largest absolute Gasteiger partial charge is 0.490 e. The summed E-state index contributed by atoms with van der Waals surface area (Å²) in [5, 5.41) is 0.747. The minimum atomic E-state index is -0.335. The third-order valence-corrected chi connectivity index (χ3v) is 3.22. The molecule has 0 amide bonds. The SMILES string of the molecule is Cc1nc(C)c2cc(F)c(OCC3CC3)cc2n1. The predicted molar refractivity (Wildman–Crippen MR) is 67.2 cm³/mol. The Bertz CT molecular complexity index is 608. The Kier molecular flexibility index (Phi) is 2.65. The molecular formula is C14H15FN2O. The Balaban J connectivity index is 2.01. The fourth-order valence-corrected chi connectivity index (χ4v) is 2.03. The van der Waals surface area contributed by atoms with E-state index in [1.165, 1.54) is 18.9 Å². The molecular weight excluding hydrogens is 231 g/mol. The highest BCUT2D eigenvalue weighted by Gasteiger charge is 2.22. The molecule has 1 aromatic carbocycles. The smallest absolute Gasteiger partial charge is 0.165 e. The third-order valence-electron chi connectivity index (χ3n) is 3.22. The van der Waals surface area contributed by atoms with E-state index < -0.39 is 0 Å². The number of benzene rings is 1. The minimum Gasteiger partial charge on any atom is -0.490 e. The van der Waals surface area contributed by atoms with Gasteiger partial charge in [0.2, 0.25) is 0 Å². The van der Waals surface area contributed by atoms with Crippen LogP contribution in [-0.2, 0) is 0 Å². The van der Waals surface area contributed by atoms with Gasteiger partial charge in [-0.2, -0.15) is 0 Å². The molecule has 0 bridgehead atoms. The van der Waals surface area contributed by atoms with Crippen molar-refractivity contribution in [3.63, 3.8) is 0 Å². The van der Waals surface area contributed by atoms with Crippen LogP contribution >= 0.6 is 0 Å². The van der Waals surface area contributed by atoms with E-state index in [1.807, 2.05) is 13.8 Å². The van der Waals surface area contributed by atoms with Crippen LogP contribution in [0.4, 0.5) is 4.39 Å². The van der Waals surface area contributed by atoms with Crippen LogP contribution in [0.5, 0.6) is 5.75 Å². The molecule has 1 heterocycles. The zero-order valence-electron chi connectivity index (χ0n) is 10.5. The van der Waals surface area contributed by atoms with Gasteiger partial charge in [-0.05, 0) is 38.7 Å².